The summed E-state index contributed by atoms with van der Waals surface area (Å²) in [7, 11) is 0. The minimum absolute atomic E-state index is 0.366. The fourth-order valence-electron chi connectivity index (χ4n) is 2.93. The van der Waals surface area contributed by atoms with Crippen LogP contribution in [-0.4, -0.2) is 32.8 Å². The maximum absolute atomic E-state index is 5.84. The van der Waals surface area contributed by atoms with Crippen molar-refractivity contribution in [3.05, 3.63) is 24.7 Å². The van der Waals surface area contributed by atoms with Gasteiger partial charge in [-0.3, -0.25) is 0 Å². The lowest BCUT2D eigenvalue weighted by atomic mass is 9.95. The van der Waals surface area contributed by atoms with Gasteiger partial charge in [0.2, 0.25) is 0 Å². The van der Waals surface area contributed by atoms with Gasteiger partial charge in [0.15, 0.2) is 5.82 Å². The molecule has 5 heteroatoms. The fraction of sp³-hybridized carbons (Fsp3) is 0.500. The van der Waals surface area contributed by atoms with Gasteiger partial charge in [-0.25, -0.2) is 9.50 Å². The highest BCUT2D eigenvalue weighted by atomic mass is 16.5. The number of rotatable bonds is 2. The van der Waals surface area contributed by atoms with Crippen molar-refractivity contribution in [2.24, 2.45) is 0 Å². The molecule has 0 radical (unpaired) electrons. The monoisotopic (exact) mass is 230 g/mol. The highest BCUT2D eigenvalue weighted by Gasteiger charge is 2.40. The second-order valence-corrected chi connectivity index (χ2v) is 4.80. The maximum Gasteiger partial charge on any atom is 0.152 e. The minimum Gasteiger partial charge on any atom is -0.373 e. The summed E-state index contributed by atoms with van der Waals surface area (Å²) >= 11 is 0. The third kappa shape index (κ3) is 1.42. The summed E-state index contributed by atoms with van der Waals surface area (Å²) < 4.78 is 7.67. The van der Waals surface area contributed by atoms with E-state index in [1.165, 1.54) is 12.8 Å². The quantitative estimate of drug-likeness (QED) is 0.848. The van der Waals surface area contributed by atoms with Crippen molar-refractivity contribution >= 4 is 11.3 Å². The molecule has 2 aromatic rings. The zero-order chi connectivity index (χ0) is 11.2. The minimum atomic E-state index is 0.366. The molecule has 5 nitrogen and oxygen atoms in total. The molecule has 2 fully saturated rings. The Labute approximate surface area is 98.8 Å². The Balaban J connectivity index is 1.65. The third-order valence-corrected chi connectivity index (χ3v) is 3.75. The predicted octanol–water partition coefficient (Wildman–Crippen LogP) is 1.46. The molecule has 0 aromatic carbocycles. The lowest BCUT2D eigenvalue weighted by Gasteiger charge is -2.20. The standard InChI is InChI=1S/C12H14N4O/c1-2-11-9(7-8(1)17-11)15-12-10-3-4-14-16(10)6-5-13-12/h3-6,8-9,11H,1-2,7H2,(H,13,15). The van der Waals surface area contributed by atoms with Crippen LogP contribution in [0.1, 0.15) is 19.3 Å². The van der Waals surface area contributed by atoms with E-state index in [0.717, 1.165) is 17.8 Å². The van der Waals surface area contributed by atoms with Crippen molar-refractivity contribution in [2.45, 2.75) is 37.5 Å². The van der Waals surface area contributed by atoms with Crippen molar-refractivity contribution in [3.63, 3.8) is 0 Å². The third-order valence-electron chi connectivity index (χ3n) is 3.75. The lowest BCUT2D eigenvalue weighted by molar-refractivity contribution is 0.102. The van der Waals surface area contributed by atoms with Gasteiger partial charge >= 0.3 is 0 Å². The predicted molar refractivity (Wildman–Crippen MR) is 62.9 cm³/mol. The van der Waals surface area contributed by atoms with Gasteiger partial charge in [0.05, 0.1) is 24.4 Å². The first-order valence-electron chi connectivity index (χ1n) is 6.10. The Hall–Kier alpha value is -1.62. The molecule has 2 aliphatic heterocycles. The zero-order valence-electron chi connectivity index (χ0n) is 9.41. The summed E-state index contributed by atoms with van der Waals surface area (Å²) in [5.74, 6) is 0.908. The number of ether oxygens (including phenoxy) is 1. The molecular weight excluding hydrogens is 216 g/mol. The number of hydrogen-bond donors (Lipinski definition) is 1. The number of nitrogens with one attached hydrogen (secondary N) is 1. The molecule has 0 spiro atoms. The van der Waals surface area contributed by atoms with Crippen LogP contribution >= 0.6 is 0 Å². The van der Waals surface area contributed by atoms with E-state index in [-0.39, 0.29) is 0 Å². The smallest absolute Gasteiger partial charge is 0.152 e. The highest BCUT2D eigenvalue weighted by molar-refractivity contribution is 5.67. The zero-order valence-corrected chi connectivity index (χ0v) is 9.41. The first-order chi connectivity index (χ1) is 8.40. The fourth-order valence-corrected chi connectivity index (χ4v) is 2.93. The van der Waals surface area contributed by atoms with Crippen molar-refractivity contribution in [2.75, 3.05) is 5.32 Å². The average Bonchev–Trinajstić information content (AvgIpc) is 3.04. The summed E-state index contributed by atoms with van der Waals surface area (Å²) in [6.07, 6.45) is 9.74. The van der Waals surface area contributed by atoms with E-state index in [1.807, 2.05) is 16.8 Å². The van der Waals surface area contributed by atoms with Crippen LogP contribution in [0.15, 0.2) is 24.7 Å². The van der Waals surface area contributed by atoms with E-state index >= 15 is 0 Å². The van der Waals surface area contributed by atoms with E-state index in [0.29, 0.717) is 18.2 Å². The van der Waals surface area contributed by atoms with Gasteiger partial charge in [-0.1, -0.05) is 0 Å². The van der Waals surface area contributed by atoms with Crippen molar-refractivity contribution in [1.82, 2.24) is 14.6 Å². The molecule has 1 N–H and O–H groups in total. The average molecular weight is 230 g/mol. The Morgan fingerprint density at radius 1 is 1.35 bits per heavy atom. The molecule has 4 heterocycles. The van der Waals surface area contributed by atoms with Crippen molar-refractivity contribution in [1.29, 1.82) is 0 Å². The molecule has 2 aromatic heterocycles. The topological polar surface area (TPSA) is 51.5 Å². The number of fused-ring (bicyclic) bond motifs is 3. The molecule has 0 saturated carbocycles. The molecule has 0 aliphatic carbocycles. The second kappa shape index (κ2) is 3.43. The summed E-state index contributed by atoms with van der Waals surface area (Å²) in [5.41, 5.74) is 1.02. The SMILES string of the molecule is c1cn2nccc2c(NC2CC3CCC2O3)n1. The van der Waals surface area contributed by atoms with Crippen LogP contribution < -0.4 is 5.32 Å². The van der Waals surface area contributed by atoms with E-state index in [1.54, 1.807) is 12.4 Å². The molecule has 0 amide bonds. The van der Waals surface area contributed by atoms with Gasteiger partial charge in [0.1, 0.15) is 5.52 Å². The first-order valence-corrected chi connectivity index (χ1v) is 6.10. The van der Waals surface area contributed by atoms with Gasteiger partial charge in [0, 0.05) is 12.4 Å². The van der Waals surface area contributed by atoms with Crippen LogP contribution in [0.5, 0.6) is 0 Å². The summed E-state index contributed by atoms with van der Waals surface area (Å²) in [6.45, 7) is 0. The summed E-state index contributed by atoms with van der Waals surface area (Å²) in [4.78, 5) is 4.40. The van der Waals surface area contributed by atoms with Crippen molar-refractivity contribution in [3.8, 4) is 0 Å². The number of hydrogen-bond acceptors (Lipinski definition) is 4. The Bertz CT molecular complexity index is 552. The maximum atomic E-state index is 5.84. The van der Waals surface area contributed by atoms with Gasteiger partial charge in [-0.15, -0.1) is 0 Å². The van der Waals surface area contributed by atoms with Crippen molar-refractivity contribution < 1.29 is 4.74 Å². The van der Waals surface area contributed by atoms with Gasteiger partial charge < -0.3 is 10.1 Å². The Morgan fingerprint density at radius 3 is 3.18 bits per heavy atom. The largest absolute Gasteiger partial charge is 0.373 e. The van der Waals surface area contributed by atoms with E-state index in [4.69, 9.17) is 4.74 Å². The van der Waals surface area contributed by atoms with E-state index < -0.39 is 0 Å². The van der Waals surface area contributed by atoms with Gasteiger partial charge in [-0.05, 0) is 25.3 Å². The lowest BCUT2D eigenvalue weighted by Crippen LogP contribution is -2.31. The molecule has 2 bridgehead atoms. The molecule has 17 heavy (non-hydrogen) atoms. The van der Waals surface area contributed by atoms with Crippen LogP contribution in [-0.2, 0) is 4.74 Å². The molecule has 3 atom stereocenters. The van der Waals surface area contributed by atoms with Crippen LogP contribution in [0.3, 0.4) is 0 Å². The Kier molecular flexibility index (Phi) is 1.90. The van der Waals surface area contributed by atoms with Crippen LogP contribution in [0.25, 0.3) is 5.52 Å². The van der Waals surface area contributed by atoms with Crippen LogP contribution in [0, 0.1) is 0 Å². The molecule has 3 unspecified atom stereocenters. The Morgan fingerprint density at radius 2 is 2.35 bits per heavy atom. The molecule has 4 rings (SSSR count). The molecular formula is C12H14N4O. The van der Waals surface area contributed by atoms with E-state index in [9.17, 15) is 0 Å². The number of anilines is 1. The second-order valence-electron chi connectivity index (χ2n) is 4.80. The summed E-state index contributed by atoms with van der Waals surface area (Å²) in [5, 5.41) is 7.71. The molecule has 2 aliphatic rings. The van der Waals surface area contributed by atoms with Crippen LogP contribution in [0.2, 0.25) is 0 Å². The van der Waals surface area contributed by atoms with E-state index in [2.05, 4.69) is 15.4 Å². The number of nitrogens with zero attached hydrogens (tertiary/aromatic N) is 3. The molecule has 88 valence electrons. The summed E-state index contributed by atoms with van der Waals surface area (Å²) in [6, 6.07) is 2.38. The normalized spacial score (nSPS) is 31.2. The first kappa shape index (κ1) is 9.41. The van der Waals surface area contributed by atoms with Gasteiger partial charge in [0.25, 0.3) is 0 Å². The number of aromatic nitrogens is 3. The van der Waals surface area contributed by atoms with Crippen LogP contribution in [0.4, 0.5) is 5.82 Å². The van der Waals surface area contributed by atoms with Gasteiger partial charge in [-0.2, -0.15) is 5.10 Å². The molecule has 2 saturated heterocycles. The highest BCUT2D eigenvalue weighted by Crippen LogP contribution is 2.36.